The zero-order valence-electron chi connectivity index (χ0n) is 13.6. The van der Waals surface area contributed by atoms with E-state index >= 15 is 0 Å². The minimum atomic E-state index is -3.26. The summed E-state index contributed by atoms with van der Waals surface area (Å²) in [6, 6.07) is 8.06. The van der Waals surface area contributed by atoms with Crippen LogP contribution in [-0.2, 0) is 9.84 Å². The lowest BCUT2D eigenvalue weighted by Crippen LogP contribution is -2.20. The Morgan fingerprint density at radius 2 is 1.79 bits per heavy atom. The van der Waals surface area contributed by atoms with Gasteiger partial charge in [0.25, 0.3) is 5.91 Å². The molecule has 0 bridgehead atoms. The summed E-state index contributed by atoms with van der Waals surface area (Å²) in [7, 11) is -3.26. The Balaban J connectivity index is 1.74. The van der Waals surface area contributed by atoms with E-state index in [1.165, 1.54) is 43.5 Å². The Morgan fingerprint density at radius 3 is 2.42 bits per heavy atom. The second-order valence-electron chi connectivity index (χ2n) is 6.20. The zero-order chi connectivity index (χ0) is 17.2. The number of carbonyl (C=O) groups excluding carboxylic acids is 1. The van der Waals surface area contributed by atoms with Crippen molar-refractivity contribution in [3.63, 3.8) is 0 Å². The Morgan fingerprint density at radius 1 is 1.12 bits per heavy atom. The van der Waals surface area contributed by atoms with Crippen molar-refractivity contribution in [3.8, 4) is 0 Å². The van der Waals surface area contributed by atoms with E-state index in [2.05, 4.69) is 10.4 Å². The molecule has 0 aliphatic heterocycles. The van der Waals surface area contributed by atoms with Crippen LogP contribution in [0.1, 0.15) is 48.5 Å². The van der Waals surface area contributed by atoms with Crippen LogP contribution >= 0.6 is 0 Å². The zero-order valence-corrected chi connectivity index (χ0v) is 14.4. The Bertz CT molecular complexity index is 819. The van der Waals surface area contributed by atoms with E-state index in [9.17, 15) is 13.2 Å². The number of aromatic nitrogens is 2. The lowest BCUT2D eigenvalue weighted by Gasteiger charge is -2.23. The number of anilines is 1. The number of benzene rings is 1. The minimum Gasteiger partial charge on any atom is -0.307 e. The summed E-state index contributed by atoms with van der Waals surface area (Å²) in [5.41, 5.74) is 0.416. The van der Waals surface area contributed by atoms with Gasteiger partial charge in [0.1, 0.15) is 5.82 Å². The molecule has 7 heteroatoms. The van der Waals surface area contributed by atoms with Crippen LogP contribution in [0.15, 0.2) is 41.4 Å². The molecule has 3 rings (SSSR count). The smallest absolute Gasteiger partial charge is 0.256 e. The summed E-state index contributed by atoms with van der Waals surface area (Å²) >= 11 is 0. The van der Waals surface area contributed by atoms with Gasteiger partial charge in [0, 0.05) is 17.9 Å². The molecule has 0 atom stereocenters. The molecule has 1 heterocycles. The highest BCUT2D eigenvalue weighted by atomic mass is 32.2. The van der Waals surface area contributed by atoms with Gasteiger partial charge in [-0.2, -0.15) is 5.10 Å². The van der Waals surface area contributed by atoms with Crippen LogP contribution in [0.3, 0.4) is 0 Å². The number of nitrogens with one attached hydrogen (secondary N) is 1. The summed E-state index contributed by atoms with van der Waals surface area (Å²) in [6.45, 7) is 0. The van der Waals surface area contributed by atoms with E-state index in [0.717, 1.165) is 19.1 Å². The van der Waals surface area contributed by atoms with Crippen LogP contribution < -0.4 is 5.32 Å². The molecule has 0 saturated heterocycles. The van der Waals surface area contributed by atoms with Crippen molar-refractivity contribution in [2.24, 2.45) is 0 Å². The normalized spacial score (nSPS) is 16.0. The van der Waals surface area contributed by atoms with Crippen LogP contribution in [0.5, 0.6) is 0 Å². The van der Waals surface area contributed by atoms with Crippen molar-refractivity contribution in [3.05, 3.63) is 42.1 Å². The molecule has 1 saturated carbocycles. The van der Waals surface area contributed by atoms with Crippen molar-refractivity contribution < 1.29 is 13.2 Å². The van der Waals surface area contributed by atoms with Crippen molar-refractivity contribution >= 4 is 21.6 Å². The molecule has 1 aromatic carbocycles. The third-order valence-electron chi connectivity index (χ3n) is 4.38. The van der Waals surface area contributed by atoms with E-state index in [1.807, 2.05) is 4.68 Å². The number of sulfone groups is 1. The fourth-order valence-corrected chi connectivity index (χ4v) is 3.70. The molecular weight excluding hydrogens is 326 g/mol. The first kappa shape index (κ1) is 16.7. The molecule has 128 valence electrons. The first-order valence-electron chi connectivity index (χ1n) is 8.10. The Kier molecular flexibility index (Phi) is 4.71. The molecule has 2 aromatic rings. The summed E-state index contributed by atoms with van der Waals surface area (Å²) in [6.07, 6.45) is 8.62. The van der Waals surface area contributed by atoms with Gasteiger partial charge >= 0.3 is 0 Å². The van der Waals surface area contributed by atoms with E-state index in [-0.39, 0.29) is 10.8 Å². The second-order valence-corrected chi connectivity index (χ2v) is 8.22. The molecule has 24 heavy (non-hydrogen) atoms. The third kappa shape index (κ3) is 3.67. The quantitative estimate of drug-likeness (QED) is 0.922. The van der Waals surface area contributed by atoms with Gasteiger partial charge < -0.3 is 5.32 Å². The molecule has 1 aliphatic rings. The first-order valence-corrected chi connectivity index (χ1v) is 9.99. The molecule has 6 nitrogen and oxygen atoms in total. The molecule has 0 radical (unpaired) electrons. The molecule has 1 amide bonds. The molecule has 1 aliphatic carbocycles. The van der Waals surface area contributed by atoms with Crippen molar-refractivity contribution in [2.45, 2.75) is 43.0 Å². The maximum atomic E-state index is 12.4. The highest BCUT2D eigenvalue weighted by Gasteiger charge is 2.19. The minimum absolute atomic E-state index is 0.200. The predicted octanol–water partition coefficient (Wildman–Crippen LogP) is 3.04. The maximum absolute atomic E-state index is 12.4. The summed E-state index contributed by atoms with van der Waals surface area (Å²) in [5.74, 6) is 0.409. The number of hydrogen-bond donors (Lipinski definition) is 1. The average molecular weight is 347 g/mol. The van der Waals surface area contributed by atoms with Gasteiger partial charge in [-0.1, -0.05) is 19.3 Å². The standard InChI is InChI=1S/C17H21N3O3S/c1-24(22,23)15-9-7-13(8-10-15)17(21)19-16-11-12-18-20(16)14-5-3-2-4-6-14/h7-12,14H,2-6H2,1H3,(H,19,21). The number of hydrogen-bond acceptors (Lipinski definition) is 4. The van der Waals surface area contributed by atoms with Crippen LogP contribution in [0, 0.1) is 0 Å². The predicted molar refractivity (Wildman–Crippen MR) is 91.9 cm³/mol. The first-order chi connectivity index (χ1) is 11.4. The highest BCUT2D eigenvalue weighted by Crippen LogP contribution is 2.30. The van der Waals surface area contributed by atoms with Crippen LogP contribution in [0.2, 0.25) is 0 Å². The summed E-state index contributed by atoms with van der Waals surface area (Å²) in [4.78, 5) is 12.6. The molecule has 0 spiro atoms. The lowest BCUT2D eigenvalue weighted by molar-refractivity contribution is 0.102. The Labute approximate surface area is 141 Å². The number of rotatable bonds is 4. The van der Waals surface area contributed by atoms with Crippen LogP contribution in [0.25, 0.3) is 0 Å². The average Bonchev–Trinajstić information content (AvgIpc) is 3.03. The number of nitrogens with zero attached hydrogens (tertiary/aromatic N) is 2. The van der Waals surface area contributed by atoms with Gasteiger partial charge in [-0.3, -0.25) is 4.79 Å². The molecule has 1 aromatic heterocycles. The Hall–Kier alpha value is -2.15. The van der Waals surface area contributed by atoms with Gasteiger partial charge in [-0.15, -0.1) is 0 Å². The van der Waals surface area contributed by atoms with Gasteiger partial charge in [0.15, 0.2) is 9.84 Å². The second kappa shape index (κ2) is 6.76. The van der Waals surface area contributed by atoms with E-state index in [4.69, 9.17) is 0 Å². The van der Waals surface area contributed by atoms with Crippen LogP contribution in [-0.4, -0.2) is 30.4 Å². The van der Waals surface area contributed by atoms with Gasteiger partial charge in [-0.25, -0.2) is 13.1 Å². The van der Waals surface area contributed by atoms with E-state index in [1.54, 1.807) is 12.3 Å². The monoisotopic (exact) mass is 347 g/mol. The van der Waals surface area contributed by atoms with Crippen molar-refractivity contribution in [2.75, 3.05) is 11.6 Å². The molecule has 1 fully saturated rings. The van der Waals surface area contributed by atoms with Gasteiger partial charge in [0.05, 0.1) is 17.1 Å². The summed E-state index contributed by atoms with van der Waals surface area (Å²) in [5, 5.41) is 7.23. The number of carbonyl (C=O) groups is 1. The number of amides is 1. The highest BCUT2D eigenvalue weighted by molar-refractivity contribution is 7.90. The third-order valence-corrected chi connectivity index (χ3v) is 5.51. The summed E-state index contributed by atoms with van der Waals surface area (Å²) < 4.78 is 24.8. The van der Waals surface area contributed by atoms with Crippen molar-refractivity contribution in [1.29, 1.82) is 0 Å². The van der Waals surface area contributed by atoms with E-state index < -0.39 is 9.84 Å². The topological polar surface area (TPSA) is 81.1 Å². The molecule has 1 N–H and O–H groups in total. The fourth-order valence-electron chi connectivity index (χ4n) is 3.07. The SMILES string of the molecule is CS(=O)(=O)c1ccc(C(=O)Nc2ccnn2C2CCCCC2)cc1. The largest absolute Gasteiger partial charge is 0.307 e. The molecule has 0 unspecified atom stereocenters. The van der Waals surface area contributed by atoms with E-state index in [0.29, 0.717) is 17.4 Å². The van der Waals surface area contributed by atoms with Crippen LogP contribution in [0.4, 0.5) is 5.82 Å². The lowest BCUT2D eigenvalue weighted by atomic mass is 9.96. The van der Waals surface area contributed by atoms with Gasteiger partial charge in [-0.05, 0) is 37.1 Å². The fraction of sp³-hybridized carbons (Fsp3) is 0.412. The van der Waals surface area contributed by atoms with Crippen molar-refractivity contribution in [1.82, 2.24) is 9.78 Å². The molecular formula is C17H21N3O3S. The van der Waals surface area contributed by atoms with Gasteiger partial charge in [0.2, 0.25) is 0 Å². The maximum Gasteiger partial charge on any atom is 0.256 e.